The van der Waals surface area contributed by atoms with Crippen molar-refractivity contribution >= 4 is 17.6 Å². The molecule has 36 heavy (non-hydrogen) atoms. The highest BCUT2D eigenvalue weighted by Crippen LogP contribution is 2.30. The first kappa shape index (κ1) is 25.6. The molecule has 1 aliphatic heterocycles. The van der Waals surface area contributed by atoms with Gasteiger partial charge < -0.3 is 19.5 Å². The number of aromatic nitrogens is 1. The minimum Gasteiger partial charge on any atom is -0.462 e. The number of piperidine rings is 1. The third-order valence-electron chi connectivity index (χ3n) is 6.70. The Morgan fingerprint density at radius 3 is 2.58 bits per heavy atom. The zero-order valence-corrected chi connectivity index (χ0v) is 21.3. The lowest BCUT2D eigenvalue weighted by atomic mass is 9.89. The van der Waals surface area contributed by atoms with E-state index in [1.165, 1.54) is 5.56 Å². The highest BCUT2D eigenvalue weighted by Gasteiger charge is 2.24. The Kier molecular flexibility index (Phi) is 8.54. The van der Waals surface area contributed by atoms with Crippen molar-refractivity contribution in [3.63, 3.8) is 0 Å². The van der Waals surface area contributed by atoms with Crippen LogP contribution in [0.15, 0.2) is 59.1 Å². The van der Waals surface area contributed by atoms with E-state index in [4.69, 9.17) is 9.26 Å². The molecular weight excluding hydrogens is 454 g/mol. The number of ether oxygens (including phenoxy) is 1. The molecule has 1 saturated heterocycles. The Balaban J connectivity index is 1.22. The zero-order chi connectivity index (χ0) is 25.5. The second-order valence-corrected chi connectivity index (χ2v) is 9.70. The quantitative estimate of drug-likeness (QED) is 0.308. The largest absolute Gasteiger partial charge is 0.462 e. The second kappa shape index (κ2) is 12.0. The van der Waals surface area contributed by atoms with Gasteiger partial charge in [0.1, 0.15) is 17.0 Å². The maximum Gasteiger partial charge on any atom is 0.344 e. The van der Waals surface area contributed by atoms with Gasteiger partial charge in [0.15, 0.2) is 0 Å². The van der Waals surface area contributed by atoms with E-state index in [0.717, 1.165) is 50.1 Å². The van der Waals surface area contributed by atoms with Gasteiger partial charge in [-0.15, -0.1) is 0 Å². The summed E-state index contributed by atoms with van der Waals surface area (Å²) in [6.45, 7) is 8.78. The molecule has 1 N–H and O–H groups in total. The third kappa shape index (κ3) is 6.40. The molecule has 1 aromatic heterocycles. The molecule has 1 aliphatic rings. The van der Waals surface area contributed by atoms with E-state index in [-0.39, 0.29) is 11.8 Å². The van der Waals surface area contributed by atoms with Gasteiger partial charge in [0.2, 0.25) is 5.91 Å². The maximum absolute atomic E-state index is 12.7. The number of amides is 1. The predicted molar refractivity (Wildman–Crippen MR) is 140 cm³/mol. The van der Waals surface area contributed by atoms with E-state index >= 15 is 0 Å². The van der Waals surface area contributed by atoms with Crippen LogP contribution in [0.2, 0.25) is 0 Å². The van der Waals surface area contributed by atoms with Crippen molar-refractivity contribution in [3.05, 3.63) is 71.5 Å². The lowest BCUT2D eigenvalue weighted by Gasteiger charge is -2.32. The summed E-state index contributed by atoms with van der Waals surface area (Å²) in [6, 6.07) is 17.7. The summed E-state index contributed by atoms with van der Waals surface area (Å²) in [5, 5.41) is 7.06. The van der Waals surface area contributed by atoms with Crippen molar-refractivity contribution in [2.75, 3.05) is 31.6 Å². The first-order valence-corrected chi connectivity index (χ1v) is 12.7. The molecule has 7 nitrogen and oxygen atoms in total. The molecule has 0 spiro atoms. The van der Waals surface area contributed by atoms with Crippen molar-refractivity contribution < 1.29 is 18.8 Å². The monoisotopic (exact) mass is 489 g/mol. The van der Waals surface area contributed by atoms with Crippen LogP contribution >= 0.6 is 0 Å². The van der Waals surface area contributed by atoms with E-state index in [2.05, 4.69) is 27.5 Å². The molecule has 0 atom stereocenters. The normalized spacial score (nSPS) is 14.7. The smallest absolute Gasteiger partial charge is 0.344 e. The standard InChI is InChI=1S/C29H35N3O4/c1-20(2)28(33)30-25-12-7-11-24(19-25)22-13-16-32(17-14-22)15-8-18-35-29(34)26-21(3)36-31-27(26)23-9-5-4-6-10-23/h4-7,9-12,19-20,22H,8,13-18H2,1-3H3,(H,30,33). The zero-order valence-electron chi connectivity index (χ0n) is 21.3. The highest BCUT2D eigenvalue weighted by atomic mass is 16.5. The number of rotatable bonds is 9. The van der Waals surface area contributed by atoms with Gasteiger partial charge in [-0.3, -0.25) is 4.79 Å². The van der Waals surface area contributed by atoms with Crippen LogP contribution in [0, 0.1) is 12.8 Å². The summed E-state index contributed by atoms with van der Waals surface area (Å²) in [5.41, 5.74) is 3.90. The van der Waals surface area contributed by atoms with Gasteiger partial charge in [0.05, 0.1) is 6.61 Å². The lowest BCUT2D eigenvalue weighted by molar-refractivity contribution is -0.118. The molecule has 0 bridgehead atoms. The summed E-state index contributed by atoms with van der Waals surface area (Å²) in [5.74, 6) is 0.563. The van der Waals surface area contributed by atoms with Crippen LogP contribution in [-0.2, 0) is 9.53 Å². The van der Waals surface area contributed by atoms with E-state index < -0.39 is 5.97 Å². The molecule has 0 unspecified atom stereocenters. The second-order valence-electron chi connectivity index (χ2n) is 9.70. The van der Waals surface area contributed by atoms with Crippen molar-refractivity contribution in [3.8, 4) is 11.3 Å². The summed E-state index contributed by atoms with van der Waals surface area (Å²) in [6.07, 6.45) is 2.92. The minimum atomic E-state index is -0.393. The minimum absolute atomic E-state index is 0.0394. The average Bonchev–Trinajstić information content (AvgIpc) is 3.29. The van der Waals surface area contributed by atoms with Crippen LogP contribution in [0.3, 0.4) is 0 Å². The SMILES string of the molecule is Cc1onc(-c2ccccc2)c1C(=O)OCCCN1CCC(c2cccc(NC(=O)C(C)C)c2)CC1. The number of nitrogens with one attached hydrogen (secondary N) is 1. The van der Waals surface area contributed by atoms with E-state index in [1.54, 1.807) is 6.92 Å². The number of nitrogens with zero attached hydrogens (tertiary/aromatic N) is 2. The number of aryl methyl sites for hydroxylation is 1. The molecular formula is C29H35N3O4. The van der Waals surface area contributed by atoms with Gasteiger partial charge in [-0.05, 0) is 62.9 Å². The Morgan fingerprint density at radius 2 is 1.86 bits per heavy atom. The van der Waals surface area contributed by atoms with E-state index in [1.807, 2.05) is 56.3 Å². The molecule has 2 aromatic carbocycles. The number of benzene rings is 2. The van der Waals surface area contributed by atoms with Crippen LogP contribution < -0.4 is 5.32 Å². The molecule has 1 fully saturated rings. The summed E-state index contributed by atoms with van der Waals surface area (Å²) in [4.78, 5) is 27.2. The summed E-state index contributed by atoms with van der Waals surface area (Å²) in [7, 11) is 0. The van der Waals surface area contributed by atoms with Gasteiger partial charge in [0.25, 0.3) is 0 Å². The number of anilines is 1. The number of hydrogen-bond acceptors (Lipinski definition) is 6. The van der Waals surface area contributed by atoms with Crippen molar-refractivity contribution in [2.45, 2.75) is 46.0 Å². The molecule has 4 rings (SSSR count). The molecule has 190 valence electrons. The number of carbonyl (C=O) groups is 2. The fourth-order valence-corrected chi connectivity index (χ4v) is 4.58. The molecule has 0 aliphatic carbocycles. The first-order chi connectivity index (χ1) is 17.4. The van der Waals surface area contributed by atoms with Gasteiger partial charge in [-0.2, -0.15) is 0 Å². The lowest BCUT2D eigenvalue weighted by Crippen LogP contribution is -2.34. The Morgan fingerprint density at radius 1 is 1.11 bits per heavy atom. The Hall–Kier alpha value is -3.45. The van der Waals surface area contributed by atoms with Gasteiger partial charge in [-0.25, -0.2) is 4.79 Å². The van der Waals surface area contributed by atoms with Gasteiger partial charge in [0, 0.05) is 23.7 Å². The number of carbonyl (C=O) groups excluding carboxylic acids is 2. The third-order valence-corrected chi connectivity index (χ3v) is 6.70. The van der Waals surface area contributed by atoms with Gasteiger partial charge >= 0.3 is 5.97 Å². The maximum atomic E-state index is 12.7. The van der Waals surface area contributed by atoms with Crippen molar-refractivity contribution in [1.29, 1.82) is 0 Å². The van der Waals surface area contributed by atoms with Crippen molar-refractivity contribution in [2.24, 2.45) is 5.92 Å². The summed E-state index contributed by atoms with van der Waals surface area (Å²) >= 11 is 0. The molecule has 0 radical (unpaired) electrons. The fraction of sp³-hybridized carbons (Fsp3) is 0.414. The molecule has 0 saturated carbocycles. The average molecular weight is 490 g/mol. The molecule has 1 amide bonds. The number of esters is 1. The van der Waals surface area contributed by atoms with E-state index in [0.29, 0.717) is 29.5 Å². The van der Waals surface area contributed by atoms with Crippen LogP contribution in [0.1, 0.15) is 60.7 Å². The highest BCUT2D eigenvalue weighted by molar-refractivity contribution is 5.97. The fourth-order valence-electron chi connectivity index (χ4n) is 4.58. The Labute approximate surface area is 212 Å². The van der Waals surface area contributed by atoms with Crippen LogP contribution in [-0.4, -0.2) is 48.2 Å². The molecule has 3 aromatic rings. The topological polar surface area (TPSA) is 84.7 Å². The summed E-state index contributed by atoms with van der Waals surface area (Å²) < 4.78 is 10.8. The van der Waals surface area contributed by atoms with Crippen LogP contribution in [0.25, 0.3) is 11.3 Å². The number of hydrogen-bond donors (Lipinski definition) is 1. The Bertz CT molecular complexity index is 1160. The first-order valence-electron chi connectivity index (χ1n) is 12.7. The van der Waals surface area contributed by atoms with Crippen LogP contribution in [0.5, 0.6) is 0 Å². The van der Waals surface area contributed by atoms with Gasteiger partial charge in [-0.1, -0.05) is 61.5 Å². The predicted octanol–water partition coefficient (Wildman–Crippen LogP) is 5.67. The number of likely N-dealkylation sites (tertiary alicyclic amines) is 1. The molecule has 7 heteroatoms. The van der Waals surface area contributed by atoms with Crippen LogP contribution in [0.4, 0.5) is 5.69 Å². The van der Waals surface area contributed by atoms with Crippen molar-refractivity contribution in [1.82, 2.24) is 10.1 Å². The van der Waals surface area contributed by atoms with E-state index in [9.17, 15) is 9.59 Å². The molecule has 2 heterocycles.